The molecule has 0 aromatic heterocycles. The lowest BCUT2D eigenvalue weighted by Gasteiger charge is -2.31. The molecule has 0 aliphatic heterocycles. The van der Waals surface area contributed by atoms with E-state index < -0.39 is 0 Å². The quantitative estimate of drug-likeness (QED) is 0.378. The number of hydrogen-bond donors (Lipinski definition) is 0. The van der Waals surface area contributed by atoms with Crippen LogP contribution in [-0.2, 0) is 0 Å². The number of amidine groups is 1. The predicted octanol–water partition coefficient (Wildman–Crippen LogP) is 6.64. The van der Waals surface area contributed by atoms with Crippen LogP contribution in [0.2, 0.25) is 0 Å². The van der Waals surface area contributed by atoms with Crippen LogP contribution >= 0.6 is 0 Å². The summed E-state index contributed by atoms with van der Waals surface area (Å²) in [6.07, 6.45) is 0. The zero-order chi connectivity index (χ0) is 19.4. The molecule has 0 unspecified atom stereocenters. The third-order valence-corrected chi connectivity index (χ3v) is 4.97. The fourth-order valence-corrected chi connectivity index (χ4v) is 3.52. The molecule has 0 saturated carbocycles. The lowest BCUT2D eigenvalue weighted by molar-refractivity contribution is 0.865. The van der Waals surface area contributed by atoms with Crippen LogP contribution < -0.4 is 4.90 Å². The van der Waals surface area contributed by atoms with Gasteiger partial charge in [0.1, 0.15) is 5.84 Å². The summed E-state index contributed by atoms with van der Waals surface area (Å²) < 4.78 is 0. The minimum Gasteiger partial charge on any atom is -0.294 e. The smallest absolute Gasteiger partial charge is 0.140 e. The van der Waals surface area contributed by atoms with Crippen LogP contribution in [0.3, 0.4) is 0 Å². The first-order valence-electron chi connectivity index (χ1n) is 9.52. The van der Waals surface area contributed by atoms with Crippen LogP contribution in [0, 0.1) is 13.8 Å². The normalized spacial score (nSPS) is 11.7. The van der Waals surface area contributed by atoms with Crippen molar-refractivity contribution in [3.8, 4) is 0 Å². The Morgan fingerprint density at radius 2 is 1.30 bits per heavy atom. The predicted molar refractivity (Wildman–Crippen MR) is 117 cm³/mol. The fourth-order valence-electron chi connectivity index (χ4n) is 3.52. The minimum atomic E-state index is 0.419. The molecule has 0 aliphatic rings. The van der Waals surface area contributed by atoms with Crippen molar-refractivity contribution in [2.45, 2.75) is 33.6 Å². The first-order valence-corrected chi connectivity index (χ1v) is 9.52. The fraction of sp³-hybridized carbons (Fsp3) is 0.240. The second-order valence-corrected chi connectivity index (χ2v) is 7.20. The van der Waals surface area contributed by atoms with E-state index in [0.717, 1.165) is 17.1 Å². The molecule has 0 atom stereocenters. The Labute approximate surface area is 163 Å². The van der Waals surface area contributed by atoms with Gasteiger partial charge in [-0.25, -0.2) is 0 Å². The molecule has 2 heteroatoms. The van der Waals surface area contributed by atoms with Crippen LogP contribution in [0.15, 0.2) is 77.8 Å². The zero-order valence-electron chi connectivity index (χ0n) is 16.9. The molecule has 0 radical (unpaired) electrons. The number of anilines is 2. The summed E-state index contributed by atoms with van der Waals surface area (Å²) in [5, 5.41) is 0. The van der Waals surface area contributed by atoms with E-state index in [9.17, 15) is 0 Å². The van der Waals surface area contributed by atoms with E-state index in [1.165, 1.54) is 22.4 Å². The molecule has 0 bridgehead atoms. The molecule has 0 fully saturated rings. The zero-order valence-corrected chi connectivity index (χ0v) is 16.9. The van der Waals surface area contributed by atoms with Crippen molar-refractivity contribution >= 4 is 17.2 Å². The van der Waals surface area contributed by atoms with Gasteiger partial charge in [-0.15, -0.1) is 0 Å². The second-order valence-electron chi connectivity index (χ2n) is 7.20. The van der Waals surface area contributed by atoms with Crippen molar-refractivity contribution in [1.82, 2.24) is 0 Å². The monoisotopic (exact) mass is 356 g/mol. The van der Waals surface area contributed by atoms with E-state index in [1.807, 2.05) is 7.05 Å². The highest BCUT2D eigenvalue weighted by molar-refractivity contribution is 6.15. The average Bonchev–Trinajstić information content (AvgIpc) is 2.68. The van der Waals surface area contributed by atoms with E-state index in [1.54, 1.807) is 0 Å². The van der Waals surface area contributed by atoms with Crippen molar-refractivity contribution in [2.75, 3.05) is 11.9 Å². The minimum absolute atomic E-state index is 0.419. The second kappa shape index (κ2) is 8.22. The molecule has 0 saturated heterocycles. The molecule has 3 aromatic rings. The van der Waals surface area contributed by atoms with Gasteiger partial charge in [0.2, 0.25) is 0 Å². The Balaban J connectivity index is 2.30. The summed E-state index contributed by atoms with van der Waals surface area (Å²) in [7, 11) is 1.88. The number of aliphatic imine (C=N–C) groups is 1. The third kappa shape index (κ3) is 3.80. The molecular weight excluding hydrogens is 328 g/mol. The number of benzene rings is 3. The average molecular weight is 357 g/mol. The standard InChI is InChI=1S/C25H28N2/c1-18(2)21-14-9-11-17-24(21)27(23-16-10-7-13-20(23)4)25(26-5)22-15-8-6-12-19(22)3/h6-18H,1-5H3/b26-25+. The summed E-state index contributed by atoms with van der Waals surface area (Å²) in [6.45, 7) is 8.78. The van der Waals surface area contributed by atoms with E-state index in [-0.39, 0.29) is 0 Å². The number of para-hydroxylation sites is 2. The molecule has 138 valence electrons. The Kier molecular flexibility index (Phi) is 5.75. The SMILES string of the molecule is C/N=C(\c1ccccc1C)N(c1ccccc1C)c1ccccc1C(C)C. The first-order chi connectivity index (χ1) is 13.0. The van der Waals surface area contributed by atoms with Crippen LogP contribution in [0.4, 0.5) is 11.4 Å². The molecule has 2 nitrogen and oxygen atoms in total. The summed E-state index contributed by atoms with van der Waals surface area (Å²) >= 11 is 0. The maximum Gasteiger partial charge on any atom is 0.140 e. The van der Waals surface area contributed by atoms with Crippen LogP contribution in [-0.4, -0.2) is 12.9 Å². The van der Waals surface area contributed by atoms with E-state index in [4.69, 9.17) is 4.99 Å². The van der Waals surface area contributed by atoms with E-state index >= 15 is 0 Å². The molecule has 27 heavy (non-hydrogen) atoms. The van der Waals surface area contributed by atoms with Gasteiger partial charge in [0, 0.05) is 12.6 Å². The van der Waals surface area contributed by atoms with Crippen molar-refractivity contribution in [2.24, 2.45) is 4.99 Å². The topological polar surface area (TPSA) is 15.6 Å². The summed E-state index contributed by atoms with van der Waals surface area (Å²) in [6, 6.07) is 25.6. The highest BCUT2D eigenvalue weighted by atomic mass is 15.2. The molecule has 0 aliphatic carbocycles. The van der Waals surface area contributed by atoms with Gasteiger partial charge in [-0.1, -0.05) is 74.5 Å². The Morgan fingerprint density at radius 1 is 0.741 bits per heavy atom. The maximum atomic E-state index is 4.76. The molecule has 0 amide bonds. The Bertz CT molecular complexity index is 954. The molecule has 0 spiro atoms. The number of hydrogen-bond acceptors (Lipinski definition) is 1. The van der Waals surface area contributed by atoms with Crippen molar-refractivity contribution in [3.63, 3.8) is 0 Å². The van der Waals surface area contributed by atoms with Crippen LogP contribution in [0.25, 0.3) is 0 Å². The van der Waals surface area contributed by atoms with Gasteiger partial charge in [-0.2, -0.15) is 0 Å². The summed E-state index contributed by atoms with van der Waals surface area (Å²) in [5.41, 5.74) is 7.27. The van der Waals surface area contributed by atoms with E-state index in [0.29, 0.717) is 5.92 Å². The van der Waals surface area contributed by atoms with Crippen molar-refractivity contribution in [3.05, 3.63) is 95.1 Å². The van der Waals surface area contributed by atoms with Crippen molar-refractivity contribution in [1.29, 1.82) is 0 Å². The molecule has 0 heterocycles. The summed E-state index contributed by atoms with van der Waals surface area (Å²) in [5.74, 6) is 1.39. The Morgan fingerprint density at radius 3 is 1.89 bits per heavy atom. The van der Waals surface area contributed by atoms with Gasteiger partial charge in [0.05, 0.1) is 11.4 Å². The molecule has 3 rings (SSSR count). The van der Waals surface area contributed by atoms with Crippen LogP contribution in [0.5, 0.6) is 0 Å². The van der Waals surface area contributed by atoms with Gasteiger partial charge in [-0.05, 0) is 48.6 Å². The van der Waals surface area contributed by atoms with Crippen molar-refractivity contribution < 1.29 is 0 Å². The largest absolute Gasteiger partial charge is 0.294 e. The highest BCUT2D eigenvalue weighted by Crippen LogP contribution is 2.36. The number of rotatable bonds is 4. The maximum absolute atomic E-state index is 4.76. The van der Waals surface area contributed by atoms with Gasteiger partial charge in [0.15, 0.2) is 0 Å². The summed E-state index contributed by atoms with van der Waals surface area (Å²) in [4.78, 5) is 7.07. The highest BCUT2D eigenvalue weighted by Gasteiger charge is 2.23. The number of nitrogens with zero attached hydrogens (tertiary/aromatic N) is 2. The van der Waals surface area contributed by atoms with Gasteiger partial charge in [0.25, 0.3) is 0 Å². The molecule has 0 N–H and O–H groups in total. The first kappa shape index (κ1) is 18.9. The van der Waals surface area contributed by atoms with Gasteiger partial charge < -0.3 is 0 Å². The van der Waals surface area contributed by atoms with Gasteiger partial charge >= 0.3 is 0 Å². The third-order valence-electron chi connectivity index (χ3n) is 4.97. The van der Waals surface area contributed by atoms with Gasteiger partial charge in [-0.3, -0.25) is 9.89 Å². The molecule has 3 aromatic carbocycles. The number of aryl methyl sites for hydroxylation is 2. The lowest BCUT2D eigenvalue weighted by atomic mass is 9.98. The Hall–Kier alpha value is -2.87. The van der Waals surface area contributed by atoms with Crippen LogP contribution in [0.1, 0.15) is 42.0 Å². The van der Waals surface area contributed by atoms with E-state index in [2.05, 4.69) is 105 Å². The lowest BCUT2D eigenvalue weighted by Crippen LogP contribution is -2.29. The molecular formula is C25H28N2.